The van der Waals surface area contributed by atoms with Crippen molar-refractivity contribution in [2.24, 2.45) is 0 Å². The summed E-state index contributed by atoms with van der Waals surface area (Å²) in [4.78, 5) is 2.51. The molecule has 140 valence electrons. The van der Waals surface area contributed by atoms with Crippen molar-refractivity contribution in [2.75, 3.05) is 13.1 Å². The van der Waals surface area contributed by atoms with Gasteiger partial charge in [0, 0.05) is 24.7 Å². The Morgan fingerprint density at radius 2 is 1.54 bits per heavy atom. The number of hydrogen-bond acceptors (Lipinski definition) is 2. The van der Waals surface area contributed by atoms with Crippen LogP contribution in [0.1, 0.15) is 29.0 Å². The Labute approximate surface area is 165 Å². The van der Waals surface area contributed by atoms with Crippen LogP contribution >= 0.6 is 0 Å². The lowest BCUT2D eigenvalue weighted by atomic mass is 9.79. The van der Waals surface area contributed by atoms with Gasteiger partial charge in [0.2, 0.25) is 0 Å². The van der Waals surface area contributed by atoms with Gasteiger partial charge < -0.3 is 4.90 Å². The molecule has 3 aromatic rings. The molecule has 2 aliphatic heterocycles. The summed E-state index contributed by atoms with van der Waals surface area (Å²) in [6.45, 7) is 1.90. The number of benzene rings is 3. The van der Waals surface area contributed by atoms with E-state index in [-0.39, 0.29) is 17.4 Å². The highest BCUT2D eigenvalue weighted by molar-refractivity contribution is 5.68. The highest BCUT2D eigenvalue weighted by Gasteiger charge is 2.47. The molecule has 2 nitrogen and oxygen atoms in total. The summed E-state index contributed by atoms with van der Waals surface area (Å²) in [5.41, 5.74) is 4.65. The van der Waals surface area contributed by atoms with Crippen LogP contribution in [0.3, 0.4) is 0 Å². The third kappa shape index (κ3) is 2.83. The zero-order valence-corrected chi connectivity index (χ0v) is 15.7. The van der Waals surface area contributed by atoms with Crippen LogP contribution in [0, 0.1) is 5.82 Å². The van der Waals surface area contributed by atoms with E-state index in [2.05, 4.69) is 77.0 Å². The number of hydrogen-bond donors (Lipinski definition) is 1. The molecule has 0 aromatic heterocycles. The first kappa shape index (κ1) is 17.2. The van der Waals surface area contributed by atoms with Crippen LogP contribution < -0.4 is 5.32 Å². The Hall–Kier alpha value is -2.91. The van der Waals surface area contributed by atoms with Crippen molar-refractivity contribution in [1.82, 2.24) is 10.2 Å². The van der Waals surface area contributed by atoms with E-state index in [4.69, 9.17) is 0 Å². The minimum atomic E-state index is -0.250. The molecular weight excluding hydrogens is 347 g/mol. The SMILES string of the molecule is Fc1ccc([C@H]2C=C(c3ccccc3)N3CCN[C@@]3(c3ccccc3)C2)cc1. The lowest BCUT2D eigenvalue weighted by molar-refractivity contribution is 0.156. The van der Waals surface area contributed by atoms with Gasteiger partial charge in [-0.2, -0.15) is 0 Å². The van der Waals surface area contributed by atoms with Gasteiger partial charge in [0.25, 0.3) is 0 Å². The van der Waals surface area contributed by atoms with Gasteiger partial charge >= 0.3 is 0 Å². The average molecular weight is 370 g/mol. The summed E-state index contributed by atoms with van der Waals surface area (Å²) < 4.78 is 13.5. The monoisotopic (exact) mass is 370 g/mol. The molecule has 1 saturated heterocycles. The molecule has 3 heteroatoms. The number of rotatable bonds is 3. The fraction of sp³-hybridized carbons (Fsp3) is 0.200. The van der Waals surface area contributed by atoms with Gasteiger partial charge in [-0.3, -0.25) is 5.32 Å². The largest absolute Gasteiger partial charge is 0.348 e. The number of fused-ring (bicyclic) bond motifs is 1. The van der Waals surface area contributed by atoms with Crippen molar-refractivity contribution in [3.05, 3.63) is 114 Å². The summed E-state index contributed by atoms with van der Waals surface area (Å²) >= 11 is 0. The third-order valence-electron chi connectivity index (χ3n) is 6.00. The van der Waals surface area contributed by atoms with Crippen molar-refractivity contribution < 1.29 is 4.39 Å². The van der Waals surface area contributed by atoms with Crippen molar-refractivity contribution in [1.29, 1.82) is 0 Å². The summed E-state index contributed by atoms with van der Waals surface area (Å²) in [6.07, 6.45) is 3.27. The van der Waals surface area contributed by atoms with Gasteiger partial charge in [0.15, 0.2) is 0 Å². The van der Waals surface area contributed by atoms with E-state index in [9.17, 15) is 4.39 Å². The standard InChI is InChI=1S/C25H23FN2/c26-23-13-11-19(12-14-23)21-17-24(20-7-3-1-4-8-20)28-16-15-27-25(28,18-21)22-9-5-2-6-10-22/h1-14,17,21,27H,15-16,18H2/t21-,25-/m0/s1. The van der Waals surface area contributed by atoms with Gasteiger partial charge in [-0.25, -0.2) is 4.39 Å². The molecule has 0 radical (unpaired) electrons. The Balaban J connectivity index is 1.67. The van der Waals surface area contributed by atoms with E-state index in [0.717, 1.165) is 25.1 Å². The van der Waals surface area contributed by atoms with E-state index in [1.54, 1.807) is 12.1 Å². The highest BCUT2D eigenvalue weighted by Crippen LogP contribution is 2.47. The Morgan fingerprint density at radius 3 is 2.25 bits per heavy atom. The minimum Gasteiger partial charge on any atom is -0.348 e. The number of nitrogens with one attached hydrogen (secondary N) is 1. The van der Waals surface area contributed by atoms with E-state index in [1.807, 2.05) is 12.1 Å². The molecule has 28 heavy (non-hydrogen) atoms. The number of halogens is 1. The second-order valence-electron chi connectivity index (χ2n) is 7.58. The molecule has 5 rings (SSSR count). The Kier molecular flexibility index (Phi) is 4.25. The van der Waals surface area contributed by atoms with E-state index in [0.29, 0.717) is 0 Å². The topological polar surface area (TPSA) is 15.3 Å². The molecular formula is C25H23FN2. The molecule has 3 aromatic carbocycles. The summed E-state index contributed by atoms with van der Waals surface area (Å²) in [5, 5.41) is 3.81. The smallest absolute Gasteiger partial charge is 0.123 e. The van der Waals surface area contributed by atoms with E-state index < -0.39 is 0 Å². The predicted octanol–water partition coefficient (Wildman–Crippen LogP) is 5.11. The van der Waals surface area contributed by atoms with Crippen LogP contribution in [-0.4, -0.2) is 18.0 Å². The van der Waals surface area contributed by atoms with Crippen LogP contribution in [0.2, 0.25) is 0 Å². The van der Waals surface area contributed by atoms with Crippen molar-refractivity contribution in [3.8, 4) is 0 Å². The van der Waals surface area contributed by atoms with Crippen LogP contribution in [-0.2, 0) is 5.66 Å². The molecule has 0 spiro atoms. The maximum Gasteiger partial charge on any atom is 0.123 e. The zero-order valence-electron chi connectivity index (χ0n) is 15.7. The third-order valence-corrected chi connectivity index (χ3v) is 6.00. The van der Waals surface area contributed by atoms with Gasteiger partial charge in [0.05, 0.1) is 0 Å². The van der Waals surface area contributed by atoms with Crippen molar-refractivity contribution in [2.45, 2.75) is 18.0 Å². The van der Waals surface area contributed by atoms with Gasteiger partial charge in [-0.1, -0.05) is 78.9 Å². The first-order valence-electron chi connectivity index (χ1n) is 9.87. The lowest BCUT2D eigenvalue weighted by Gasteiger charge is -2.47. The normalized spacial score (nSPS) is 24.0. The van der Waals surface area contributed by atoms with Crippen LogP contribution in [0.5, 0.6) is 0 Å². The molecule has 1 fully saturated rings. The van der Waals surface area contributed by atoms with Crippen LogP contribution in [0.4, 0.5) is 4.39 Å². The van der Waals surface area contributed by atoms with Crippen LogP contribution in [0.25, 0.3) is 5.70 Å². The van der Waals surface area contributed by atoms with Gasteiger partial charge in [-0.15, -0.1) is 0 Å². The zero-order chi connectivity index (χ0) is 19.0. The second-order valence-corrected chi connectivity index (χ2v) is 7.58. The van der Waals surface area contributed by atoms with Crippen molar-refractivity contribution in [3.63, 3.8) is 0 Å². The molecule has 2 aliphatic rings. The maximum absolute atomic E-state index is 13.5. The van der Waals surface area contributed by atoms with Gasteiger partial charge in [-0.05, 0) is 35.2 Å². The first-order valence-corrected chi connectivity index (χ1v) is 9.87. The summed E-state index contributed by atoms with van der Waals surface area (Å²) in [6, 6.07) is 28.2. The molecule has 0 bridgehead atoms. The summed E-state index contributed by atoms with van der Waals surface area (Å²) in [5.74, 6) is 0.0167. The molecule has 2 atom stereocenters. The molecule has 0 aliphatic carbocycles. The molecule has 0 unspecified atom stereocenters. The maximum atomic E-state index is 13.5. The van der Waals surface area contributed by atoms with E-state index >= 15 is 0 Å². The molecule has 2 heterocycles. The fourth-order valence-electron chi connectivity index (χ4n) is 4.70. The number of allylic oxidation sites excluding steroid dienone is 1. The average Bonchev–Trinajstić information content (AvgIpc) is 3.20. The molecule has 0 amide bonds. The lowest BCUT2D eigenvalue weighted by Crippen LogP contribution is -2.50. The predicted molar refractivity (Wildman–Crippen MR) is 111 cm³/mol. The van der Waals surface area contributed by atoms with Gasteiger partial charge in [0.1, 0.15) is 11.5 Å². The van der Waals surface area contributed by atoms with Crippen molar-refractivity contribution >= 4 is 5.70 Å². The Morgan fingerprint density at radius 1 is 0.857 bits per heavy atom. The first-order chi connectivity index (χ1) is 13.8. The Bertz CT molecular complexity index is 982. The second kappa shape index (κ2) is 6.92. The molecule has 1 N–H and O–H groups in total. The quantitative estimate of drug-likeness (QED) is 0.689. The highest BCUT2D eigenvalue weighted by atomic mass is 19.1. The minimum absolute atomic E-state index is 0.190. The molecule has 0 saturated carbocycles. The van der Waals surface area contributed by atoms with Crippen LogP contribution in [0.15, 0.2) is 91.0 Å². The summed E-state index contributed by atoms with van der Waals surface area (Å²) in [7, 11) is 0. The number of nitrogens with zero attached hydrogens (tertiary/aromatic N) is 1. The fourth-order valence-corrected chi connectivity index (χ4v) is 4.70. The van der Waals surface area contributed by atoms with E-state index in [1.165, 1.54) is 16.8 Å².